The maximum atomic E-state index is 8.92. The molecule has 1 N–H and O–H groups in total. The molecule has 0 saturated carbocycles. The largest absolute Gasteiger partial charge is 0.378 e. The predicted molar refractivity (Wildman–Crippen MR) is 119 cm³/mol. The lowest BCUT2D eigenvalue weighted by Crippen LogP contribution is -2.25. The van der Waals surface area contributed by atoms with E-state index >= 15 is 0 Å². The Labute approximate surface area is 182 Å². The van der Waals surface area contributed by atoms with Crippen molar-refractivity contribution in [3.05, 3.63) is 71.5 Å². The van der Waals surface area contributed by atoms with Gasteiger partial charge >= 0.3 is 0 Å². The third-order valence-electron chi connectivity index (χ3n) is 6.17. The molecular weight excluding hydrogens is 386 g/mol. The smallest absolute Gasteiger partial charge is 0.0979 e. The standard InChI is InChI=1S/C24H25N7/c1-16-24-21-8-5-18(19-14-26-30(2)15-19)13-22(21)23(10-12-31(24)29-28-16)27-20-6-3-17(4-7-20)9-11-25/h3-8,13-16,23-24,27H,9-10,12H2,1-2H3. The second kappa shape index (κ2) is 7.88. The molecule has 0 aliphatic carbocycles. The first-order chi connectivity index (χ1) is 15.1. The molecule has 5 rings (SSSR count). The summed E-state index contributed by atoms with van der Waals surface area (Å²) in [6.07, 6.45) is 5.31. The lowest BCUT2D eigenvalue weighted by Gasteiger charge is -2.24. The van der Waals surface area contributed by atoms with E-state index < -0.39 is 0 Å². The summed E-state index contributed by atoms with van der Waals surface area (Å²) < 4.78 is 1.83. The van der Waals surface area contributed by atoms with Crippen molar-refractivity contribution in [2.75, 3.05) is 11.9 Å². The van der Waals surface area contributed by atoms with Crippen molar-refractivity contribution in [2.24, 2.45) is 17.4 Å². The SMILES string of the molecule is CC1N=NN2CCC(Nc3ccc(CC#N)cc3)c3cc(-c4cnn(C)c4)ccc3C12. The zero-order valence-corrected chi connectivity index (χ0v) is 17.7. The van der Waals surface area contributed by atoms with Crippen LogP contribution in [0.4, 0.5) is 5.69 Å². The van der Waals surface area contributed by atoms with Crippen LogP contribution in [-0.2, 0) is 13.5 Å². The molecule has 7 nitrogen and oxygen atoms in total. The molecule has 156 valence electrons. The molecule has 31 heavy (non-hydrogen) atoms. The number of fused-ring (bicyclic) bond motifs is 3. The predicted octanol–water partition coefficient (Wildman–Crippen LogP) is 4.82. The zero-order valence-electron chi connectivity index (χ0n) is 17.7. The molecule has 2 aliphatic rings. The van der Waals surface area contributed by atoms with Crippen LogP contribution in [-0.4, -0.2) is 27.4 Å². The highest BCUT2D eigenvalue weighted by molar-refractivity contribution is 5.65. The molecule has 0 saturated heterocycles. The monoisotopic (exact) mass is 411 g/mol. The van der Waals surface area contributed by atoms with Crippen molar-refractivity contribution >= 4 is 5.69 Å². The molecule has 1 aromatic heterocycles. The summed E-state index contributed by atoms with van der Waals surface area (Å²) in [7, 11) is 1.94. The zero-order chi connectivity index (χ0) is 21.4. The quantitative estimate of drug-likeness (QED) is 0.667. The molecule has 3 unspecified atom stereocenters. The minimum Gasteiger partial charge on any atom is -0.378 e. The highest BCUT2D eigenvalue weighted by Gasteiger charge is 2.37. The van der Waals surface area contributed by atoms with Crippen LogP contribution in [0.1, 0.15) is 42.1 Å². The summed E-state index contributed by atoms with van der Waals surface area (Å²) >= 11 is 0. The molecule has 0 radical (unpaired) electrons. The molecule has 7 heteroatoms. The molecule has 0 amide bonds. The van der Waals surface area contributed by atoms with Gasteiger partial charge in [-0.25, -0.2) is 0 Å². The fourth-order valence-electron chi connectivity index (χ4n) is 4.59. The van der Waals surface area contributed by atoms with Crippen molar-refractivity contribution in [2.45, 2.75) is 37.9 Å². The van der Waals surface area contributed by atoms with E-state index in [0.29, 0.717) is 6.42 Å². The maximum absolute atomic E-state index is 8.92. The third kappa shape index (κ3) is 3.66. The highest BCUT2D eigenvalue weighted by atomic mass is 15.6. The summed E-state index contributed by atoms with van der Waals surface area (Å²) in [6.45, 7) is 2.98. The van der Waals surface area contributed by atoms with Crippen LogP contribution >= 0.6 is 0 Å². The van der Waals surface area contributed by atoms with Crippen LogP contribution in [0.25, 0.3) is 11.1 Å². The molecule has 0 spiro atoms. The van der Waals surface area contributed by atoms with E-state index in [1.54, 1.807) is 0 Å². The first-order valence-electron chi connectivity index (χ1n) is 10.6. The number of nitriles is 1. The Hall–Kier alpha value is -3.66. The normalized spacial score (nSPS) is 21.8. The maximum Gasteiger partial charge on any atom is 0.0979 e. The molecule has 3 atom stereocenters. The number of aromatic nitrogens is 2. The summed E-state index contributed by atoms with van der Waals surface area (Å²) in [4.78, 5) is 0. The first kappa shape index (κ1) is 19.3. The fourth-order valence-corrected chi connectivity index (χ4v) is 4.59. The van der Waals surface area contributed by atoms with Gasteiger partial charge in [-0.05, 0) is 53.8 Å². The van der Waals surface area contributed by atoms with Crippen LogP contribution in [0.3, 0.4) is 0 Å². The van der Waals surface area contributed by atoms with Gasteiger partial charge in [-0.3, -0.25) is 9.69 Å². The van der Waals surface area contributed by atoms with Gasteiger partial charge in [0.25, 0.3) is 0 Å². The first-order valence-corrected chi connectivity index (χ1v) is 10.6. The van der Waals surface area contributed by atoms with E-state index in [1.807, 2.05) is 36.3 Å². The summed E-state index contributed by atoms with van der Waals surface area (Å²) in [5.74, 6) is 0. The highest BCUT2D eigenvalue weighted by Crippen LogP contribution is 2.42. The average molecular weight is 412 g/mol. The van der Waals surface area contributed by atoms with E-state index in [0.717, 1.165) is 35.3 Å². The number of aryl methyl sites for hydroxylation is 1. The van der Waals surface area contributed by atoms with E-state index in [2.05, 4.69) is 69.1 Å². The average Bonchev–Trinajstić information content (AvgIpc) is 3.33. The number of nitrogens with zero attached hydrogens (tertiary/aromatic N) is 6. The number of anilines is 1. The van der Waals surface area contributed by atoms with Crippen LogP contribution < -0.4 is 5.32 Å². The Morgan fingerprint density at radius 3 is 2.71 bits per heavy atom. The van der Waals surface area contributed by atoms with Crippen LogP contribution in [0, 0.1) is 11.3 Å². The molecule has 2 aliphatic heterocycles. The van der Waals surface area contributed by atoms with E-state index in [-0.39, 0.29) is 18.1 Å². The lowest BCUT2D eigenvalue weighted by molar-refractivity contribution is 0.227. The molecule has 0 bridgehead atoms. The number of hydrogen-bond acceptors (Lipinski definition) is 6. The van der Waals surface area contributed by atoms with E-state index in [9.17, 15) is 0 Å². The number of nitrogens with one attached hydrogen (secondary N) is 1. The van der Waals surface area contributed by atoms with Gasteiger partial charge in [-0.15, -0.1) is 0 Å². The lowest BCUT2D eigenvalue weighted by atomic mass is 9.90. The van der Waals surface area contributed by atoms with Crippen molar-refractivity contribution in [1.29, 1.82) is 5.26 Å². The van der Waals surface area contributed by atoms with Gasteiger partial charge in [0, 0.05) is 31.0 Å². The van der Waals surface area contributed by atoms with Crippen molar-refractivity contribution in [1.82, 2.24) is 14.8 Å². The van der Waals surface area contributed by atoms with Crippen LogP contribution in [0.15, 0.2) is 65.2 Å². The van der Waals surface area contributed by atoms with Gasteiger partial charge in [-0.2, -0.15) is 15.5 Å². The van der Waals surface area contributed by atoms with Crippen molar-refractivity contribution in [3.8, 4) is 17.2 Å². The van der Waals surface area contributed by atoms with Crippen LogP contribution in [0.5, 0.6) is 0 Å². The van der Waals surface area contributed by atoms with Gasteiger partial charge in [0.15, 0.2) is 0 Å². The molecule has 0 fully saturated rings. The Kier molecular flexibility index (Phi) is 4.91. The van der Waals surface area contributed by atoms with Gasteiger partial charge < -0.3 is 5.32 Å². The number of hydrogen-bond donors (Lipinski definition) is 1. The third-order valence-corrected chi connectivity index (χ3v) is 6.17. The topological polar surface area (TPSA) is 81.6 Å². The van der Waals surface area contributed by atoms with Crippen molar-refractivity contribution < 1.29 is 0 Å². The summed E-state index contributed by atoms with van der Waals surface area (Å²) in [5.41, 5.74) is 6.93. The summed E-state index contributed by atoms with van der Waals surface area (Å²) in [6, 6.07) is 17.5. The number of rotatable bonds is 4. The Morgan fingerprint density at radius 2 is 1.97 bits per heavy atom. The fraction of sp³-hybridized carbons (Fsp3) is 0.333. The molecule has 3 heterocycles. The molecule has 3 aromatic rings. The Balaban J connectivity index is 1.53. The minimum absolute atomic E-state index is 0.131. The second-order valence-electron chi connectivity index (χ2n) is 8.32. The van der Waals surface area contributed by atoms with Gasteiger partial charge in [-0.1, -0.05) is 29.5 Å². The van der Waals surface area contributed by atoms with Gasteiger partial charge in [0.2, 0.25) is 0 Å². The minimum atomic E-state index is 0.131. The van der Waals surface area contributed by atoms with E-state index in [1.165, 1.54) is 11.1 Å². The van der Waals surface area contributed by atoms with E-state index in [4.69, 9.17) is 5.26 Å². The van der Waals surface area contributed by atoms with Crippen LogP contribution in [0.2, 0.25) is 0 Å². The Bertz CT molecular complexity index is 1160. The molecule has 2 aromatic carbocycles. The second-order valence-corrected chi connectivity index (χ2v) is 8.32. The van der Waals surface area contributed by atoms with Gasteiger partial charge in [0.05, 0.1) is 36.8 Å². The summed E-state index contributed by atoms with van der Waals surface area (Å²) in [5, 5.41) is 28.0. The van der Waals surface area contributed by atoms with Crippen molar-refractivity contribution in [3.63, 3.8) is 0 Å². The van der Waals surface area contributed by atoms with Gasteiger partial charge in [0.1, 0.15) is 0 Å². The Morgan fingerprint density at radius 1 is 1.13 bits per heavy atom. The molecular formula is C24H25N7. The number of benzene rings is 2.